The van der Waals surface area contributed by atoms with Gasteiger partial charge in [-0.25, -0.2) is 8.78 Å². The van der Waals surface area contributed by atoms with E-state index in [0.717, 1.165) is 0 Å². The van der Waals surface area contributed by atoms with E-state index < -0.39 is 17.7 Å². The van der Waals surface area contributed by atoms with Gasteiger partial charge < -0.3 is 15.5 Å². The zero-order chi connectivity index (χ0) is 10.9. The molecule has 1 unspecified atom stereocenters. The second kappa shape index (κ2) is 4.02. The molecule has 6 heteroatoms. The Bertz CT molecular complexity index is 254. The minimum atomic E-state index is -2.89. The van der Waals surface area contributed by atoms with E-state index >= 15 is 0 Å². The van der Waals surface area contributed by atoms with Crippen LogP contribution in [0, 0.1) is 5.92 Å². The summed E-state index contributed by atoms with van der Waals surface area (Å²) in [7, 11) is 0. The van der Waals surface area contributed by atoms with Gasteiger partial charge in [0.05, 0.1) is 6.54 Å². The zero-order valence-electron chi connectivity index (χ0n) is 8.43. The van der Waals surface area contributed by atoms with Gasteiger partial charge in [0.2, 0.25) is 5.91 Å². The van der Waals surface area contributed by atoms with Crippen molar-refractivity contribution in [3.63, 3.8) is 0 Å². The standard InChI is InChI=1S/C9H15F2N3O/c10-9(11)6-13-5-7(9)8(15)14-3-1-12-2-4-14/h7,12-13H,1-6H2. The summed E-state index contributed by atoms with van der Waals surface area (Å²) in [6.45, 7) is 2.16. The molecule has 1 atom stereocenters. The van der Waals surface area contributed by atoms with Crippen LogP contribution in [0.15, 0.2) is 0 Å². The van der Waals surface area contributed by atoms with Crippen LogP contribution in [0.5, 0.6) is 0 Å². The molecule has 0 spiro atoms. The number of alkyl halides is 2. The molecule has 2 fully saturated rings. The van der Waals surface area contributed by atoms with Gasteiger partial charge in [-0.05, 0) is 0 Å². The Morgan fingerprint density at radius 3 is 2.47 bits per heavy atom. The molecular formula is C9H15F2N3O. The lowest BCUT2D eigenvalue weighted by Crippen LogP contribution is -2.51. The monoisotopic (exact) mass is 219 g/mol. The Morgan fingerprint density at radius 2 is 1.93 bits per heavy atom. The van der Waals surface area contributed by atoms with Crippen molar-refractivity contribution < 1.29 is 13.6 Å². The summed E-state index contributed by atoms with van der Waals surface area (Å²) in [4.78, 5) is 13.3. The zero-order valence-corrected chi connectivity index (χ0v) is 8.43. The van der Waals surface area contributed by atoms with Gasteiger partial charge in [0.15, 0.2) is 0 Å². The van der Waals surface area contributed by atoms with Crippen LogP contribution in [0.4, 0.5) is 8.78 Å². The number of carbonyl (C=O) groups is 1. The normalized spacial score (nSPS) is 30.5. The first-order valence-electron chi connectivity index (χ1n) is 5.19. The first kappa shape index (κ1) is 10.8. The van der Waals surface area contributed by atoms with E-state index in [9.17, 15) is 13.6 Å². The van der Waals surface area contributed by atoms with E-state index in [1.165, 1.54) is 4.90 Å². The molecular weight excluding hydrogens is 204 g/mol. The predicted octanol–water partition coefficient (Wildman–Crippen LogP) is -0.727. The molecule has 0 saturated carbocycles. The molecule has 0 aromatic carbocycles. The quantitative estimate of drug-likeness (QED) is 0.611. The molecule has 1 amide bonds. The van der Waals surface area contributed by atoms with Crippen LogP contribution in [0.1, 0.15) is 0 Å². The van der Waals surface area contributed by atoms with E-state index in [2.05, 4.69) is 10.6 Å². The average molecular weight is 219 g/mol. The average Bonchev–Trinajstić information content (AvgIpc) is 2.58. The highest BCUT2D eigenvalue weighted by Crippen LogP contribution is 2.29. The summed E-state index contributed by atoms with van der Waals surface area (Å²) in [6, 6.07) is 0. The van der Waals surface area contributed by atoms with E-state index in [1.54, 1.807) is 0 Å². The van der Waals surface area contributed by atoms with Gasteiger partial charge in [-0.1, -0.05) is 0 Å². The van der Waals surface area contributed by atoms with Crippen molar-refractivity contribution in [1.29, 1.82) is 0 Å². The van der Waals surface area contributed by atoms with Crippen LogP contribution >= 0.6 is 0 Å². The van der Waals surface area contributed by atoms with Gasteiger partial charge in [-0.3, -0.25) is 4.79 Å². The van der Waals surface area contributed by atoms with Gasteiger partial charge in [0.25, 0.3) is 5.92 Å². The van der Waals surface area contributed by atoms with Crippen LogP contribution in [-0.4, -0.2) is 56.0 Å². The Morgan fingerprint density at radius 1 is 1.27 bits per heavy atom. The number of piperazine rings is 1. The minimum absolute atomic E-state index is 0.0930. The fourth-order valence-electron chi connectivity index (χ4n) is 2.03. The van der Waals surface area contributed by atoms with Gasteiger partial charge in [-0.15, -0.1) is 0 Å². The van der Waals surface area contributed by atoms with Gasteiger partial charge >= 0.3 is 0 Å². The fourth-order valence-corrected chi connectivity index (χ4v) is 2.03. The number of nitrogens with one attached hydrogen (secondary N) is 2. The number of hydrogen-bond donors (Lipinski definition) is 2. The number of amides is 1. The number of nitrogens with zero attached hydrogens (tertiary/aromatic N) is 1. The van der Waals surface area contributed by atoms with E-state index in [0.29, 0.717) is 26.2 Å². The first-order chi connectivity index (χ1) is 7.11. The SMILES string of the molecule is O=C(C1CNCC1(F)F)N1CCNCC1. The molecule has 2 heterocycles. The number of hydrogen-bond acceptors (Lipinski definition) is 3. The fraction of sp³-hybridized carbons (Fsp3) is 0.889. The van der Waals surface area contributed by atoms with E-state index in [1.807, 2.05) is 0 Å². The summed E-state index contributed by atoms with van der Waals surface area (Å²) < 4.78 is 26.6. The summed E-state index contributed by atoms with van der Waals surface area (Å²) in [5.74, 6) is -4.47. The topological polar surface area (TPSA) is 44.4 Å². The summed E-state index contributed by atoms with van der Waals surface area (Å²) in [5, 5.41) is 5.65. The molecule has 2 aliphatic rings. The lowest BCUT2D eigenvalue weighted by atomic mass is 10.0. The van der Waals surface area contributed by atoms with Crippen molar-refractivity contribution in [3.8, 4) is 0 Å². The smallest absolute Gasteiger partial charge is 0.273 e. The third kappa shape index (κ3) is 2.10. The molecule has 0 aromatic heterocycles. The summed E-state index contributed by atoms with van der Waals surface area (Å²) >= 11 is 0. The number of carbonyl (C=O) groups excluding carboxylic acids is 1. The molecule has 86 valence electrons. The van der Waals surface area contributed by atoms with Crippen LogP contribution < -0.4 is 10.6 Å². The van der Waals surface area contributed by atoms with Gasteiger partial charge in [0.1, 0.15) is 5.92 Å². The third-order valence-electron chi connectivity index (χ3n) is 2.95. The van der Waals surface area contributed by atoms with Crippen LogP contribution in [0.3, 0.4) is 0 Å². The lowest BCUT2D eigenvalue weighted by molar-refractivity contribution is -0.145. The van der Waals surface area contributed by atoms with Crippen molar-refractivity contribution in [2.24, 2.45) is 5.92 Å². The van der Waals surface area contributed by atoms with Crippen molar-refractivity contribution >= 4 is 5.91 Å². The molecule has 0 bridgehead atoms. The van der Waals surface area contributed by atoms with Crippen LogP contribution in [-0.2, 0) is 4.79 Å². The third-order valence-corrected chi connectivity index (χ3v) is 2.95. The second-order valence-electron chi connectivity index (χ2n) is 4.02. The molecule has 0 radical (unpaired) electrons. The largest absolute Gasteiger partial charge is 0.340 e. The van der Waals surface area contributed by atoms with Crippen LogP contribution in [0.2, 0.25) is 0 Å². The Balaban J connectivity index is 2.00. The van der Waals surface area contributed by atoms with Gasteiger partial charge in [-0.2, -0.15) is 0 Å². The van der Waals surface area contributed by atoms with Crippen molar-refractivity contribution in [1.82, 2.24) is 15.5 Å². The molecule has 0 aliphatic carbocycles. The number of halogens is 2. The summed E-state index contributed by atoms with van der Waals surface area (Å²) in [5.41, 5.74) is 0. The highest BCUT2D eigenvalue weighted by molar-refractivity contribution is 5.80. The molecule has 15 heavy (non-hydrogen) atoms. The molecule has 0 aromatic rings. The van der Waals surface area contributed by atoms with Crippen molar-refractivity contribution in [2.75, 3.05) is 39.3 Å². The Hall–Kier alpha value is -0.750. The summed E-state index contributed by atoms with van der Waals surface area (Å²) in [6.07, 6.45) is 0. The number of rotatable bonds is 1. The molecule has 2 saturated heterocycles. The highest BCUT2D eigenvalue weighted by Gasteiger charge is 2.49. The van der Waals surface area contributed by atoms with Crippen molar-refractivity contribution in [3.05, 3.63) is 0 Å². The predicted molar refractivity (Wildman–Crippen MR) is 50.8 cm³/mol. The van der Waals surface area contributed by atoms with E-state index in [4.69, 9.17) is 0 Å². The Kier molecular flexibility index (Phi) is 2.88. The highest BCUT2D eigenvalue weighted by atomic mass is 19.3. The second-order valence-corrected chi connectivity index (χ2v) is 4.02. The van der Waals surface area contributed by atoms with Crippen molar-refractivity contribution in [2.45, 2.75) is 5.92 Å². The maximum absolute atomic E-state index is 13.3. The maximum atomic E-state index is 13.3. The first-order valence-corrected chi connectivity index (χ1v) is 5.19. The lowest BCUT2D eigenvalue weighted by Gasteiger charge is -2.31. The molecule has 2 N–H and O–H groups in total. The van der Waals surface area contributed by atoms with Crippen LogP contribution in [0.25, 0.3) is 0 Å². The minimum Gasteiger partial charge on any atom is -0.340 e. The maximum Gasteiger partial charge on any atom is 0.273 e. The molecule has 2 rings (SSSR count). The molecule has 4 nitrogen and oxygen atoms in total. The Labute approximate surface area is 87.0 Å². The molecule has 2 aliphatic heterocycles. The van der Waals surface area contributed by atoms with E-state index in [-0.39, 0.29) is 13.1 Å². The van der Waals surface area contributed by atoms with Gasteiger partial charge in [0, 0.05) is 32.7 Å².